The zero-order valence-corrected chi connectivity index (χ0v) is 10.9. The van der Waals surface area contributed by atoms with E-state index in [1.54, 1.807) is 0 Å². The number of ether oxygens (including phenoxy) is 1. The van der Waals surface area contributed by atoms with Crippen LogP contribution in [0.2, 0.25) is 0 Å². The van der Waals surface area contributed by atoms with Gasteiger partial charge in [-0.05, 0) is 12.1 Å². The summed E-state index contributed by atoms with van der Waals surface area (Å²) in [6.07, 6.45) is 0. The summed E-state index contributed by atoms with van der Waals surface area (Å²) in [5, 5.41) is 0. The Hall–Kier alpha value is -0.490. The predicted octanol–water partition coefficient (Wildman–Crippen LogP) is 1.30. The lowest BCUT2D eigenvalue weighted by molar-refractivity contribution is 0.0312. The quantitative estimate of drug-likeness (QED) is 0.778. The van der Waals surface area contributed by atoms with Crippen LogP contribution in [0.15, 0.2) is 16.5 Å². The summed E-state index contributed by atoms with van der Waals surface area (Å²) in [6, 6.07) is 4.15. The van der Waals surface area contributed by atoms with Gasteiger partial charge in [-0.1, -0.05) is 0 Å². The molecule has 0 aromatic carbocycles. The minimum atomic E-state index is 0.728. The molecule has 1 saturated heterocycles. The Morgan fingerprint density at radius 3 is 2.76 bits per heavy atom. The number of rotatable bonds is 6. The first kappa shape index (κ1) is 13.0. The maximum Gasteiger partial charge on any atom is 0.118 e. The summed E-state index contributed by atoms with van der Waals surface area (Å²) >= 11 is 1.81. The highest BCUT2D eigenvalue weighted by molar-refractivity contribution is 7.98. The van der Waals surface area contributed by atoms with Gasteiger partial charge in [-0.3, -0.25) is 4.90 Å². The van der Waals surface area contributed by atoms with Gasteiger partial charge in [-0.25, -0.2) is 0 Å². The van der Waals surface area contributed by atoms with Gasteiger partial charge in [0.1, 0.15) is 11.5 Å². The van der Waals surface area contributed by atoms with Gasteiger partial charge in [-0.15, -0.1) is 0 Å². The number of furan rings is 1. The van der Waals surface area contributed by atoms with Crippen LogP contribution in [0.3, 0.4) is 0 Å². The zero-order chi connectivity index (χ0) is 11.9. The van der Waals surface area contributed by atoms with Gasteiger partial charge in [-0.2, -0.15) is 11.8 Å². The van der Waals surface area contributed by atoms with Crippen LogP contribution in [-0.2, 0) is 17.0 Å². The third-order valence-electron chi connectivity index (χ3n) is 2.71. The number of nitrogens with two attached hydrogens (primary N) is 1. The van der Waals surface area contributed by atoms with Crippen LogP contribution in [0.4, 0.5) is 0 Å². The summed E-state index contributed by atoms with van der Waals surface area (Å²) in [6.45, 7) is 5.28. The van der Waals surface area contributed by atoms with Crippen LogP contribution in [0.5, 0.6) is 0 Å². The Kier molecular flexibility index (Phi) is 5.38. The number of morpholine rings is 1. The third-order valence-corrected chi connectivity index (χ3v) is 3.72. The molecule has 0 atom stereocenters. The molecule has 1 fully saturated rings. The molecule has 1 aromatic heterocycles. The van der Waals surface area contributed by atoms with Gasteiger partial charge in [0.05, 0.1) is 25.5 Å². The summed E-state index contributed by atoms with van der Waals surface area (Å²) in [7, 11) is 0. The van der Waals surface area contributed by atoms with E-state index >= 15 is 0 Å². The monoisotopic (exact) mass is 256 g/mol. The summed E-state index contributed by atoms with van der Waals surface area (Å²) in [4.78, 5) is 2.36. The molecule has 0 amide bonds. The maximum atomic E-state index is 5.79. The molecule has 4 nitrogen and oxygen atoms in total. The average Bonchev–Trinajstić information content (AvgIpc) is 2.79. The largest absolute Gasteiger partial charge is 0.464 e. The Morgan fingerprint density at radius 1 is 1.24 bits per heavy atom. The highest BCUT2D eigenvalue weighted by Gasteiger charge is 2.12. The smallest absolute Gasteiger partial charge is 0.118 e. The van der Waals surface area contributed by atoms with E-state index in [1.807, 2.05) is 11.8 Å². The van der Waals surface area contributed by atoms with E-state index in [4.69, 9.17) is 14.9 Å². The Morgan fingerprint density at radius 2 is 2.00 bits per heavy atom. The highest BCUT2D eigenvalue weighted by atomic mass is 32.2. The summed E-state index contributed by atoms with van der Waals surface area (Å²) < 4.78 is 11.1. The fourth-order valence-corrected chi connectivity index (χ4v) is 2.49. The topological polar surface area (TPSA) is 51.6 Å². The van der Waals surface area contributed by atoms with Crippen molar-refractivity contribution in [3.05, 3.63) is 23.7 Å². The molecule has 0 spiro atoms. The number of hydrogen-bond acceptors (Lipinski definition) is 5. The maximum absolute atomic E-state index is 5.79. The highest BCUT2D eigenvalue weighted by Crippen LogP contribution is 2.16. The van der Waals surface area contributed by atoms with Crippen LogP contribution in [-0.4, -0.2) is 43.5 Å². The molecule has 1 aliphatic rings. The number of nitrogens with zero attached hydrogens (tertiary/aromatic N) is 1. The molecule has 17 heavy (non-hydrogen) atoms. The SMILES string of the molecule is NCCSCc1ccc(CN2CCOCC2)o1. The van der Waals surface area contributed by atoms with Gasteiger partial charge >= 0.3 is 0 Å². The van der Waals surface area contributed by atoms with E-state index < -0.39 is 0 Å². The second kappa shape index (κ2) is 7.06. The first-order valence-electron chi connectivity index (χ1n) is 6.04. The zero-order valence-electron chi connectivity index (χ0n) is 10.1. The van der Waals surface area contributed by atoms with E-state index in [2.05, 4.69) is 17.0 Å². The van der Waals surface area contributed by atoms with Crippen molar-refractivity contribution < 1.29 is 9.15 Å². The van der Waals surface area contributed by atoms with Crippen molar-refractivity contribution >= 4 is 11.8 Å². The molecule has 2 heterocycles. The first-order valence-corrected chi connectivity index (χ1v) is 7.19. The minimum Gasteiger partial charge on any atom is -0.464 e. The molecular formula is C12H20N2O2S. The molecule has 0 aliphatic carbocycles. The van der Waals surface area contributed by atoms with Crippen molar-refractivity contribution in [1.82, 2.24) is 4.90 Å². The minimum absolute atomic E-state index is 0.728. The first-order chi connectivity index (χ1) is 8.38. The molecule has 5 heteroatoms. The van der Waals surface area contributed by atoms with Gasteiger partial charge in [0.25, 0.3) is 0 Å². The van der Waals surface area contributed by atoms with Crippen molar-refractivity contribution in [3.8, 4) is 0 Å². The molecule has 0 saturated carbocycles. The molecule has 0 radical (unpaired) electrons. The second-order valence-electron chi connectivity index (χ2n) is 4.10. The summed E-state index contributed by atoms with van der Waals surface area (Å²) in [5.74, 6) is 4.00. The second-order valence-corrected chi connectivity index (χ2v) is 5.20. The molecule has 2 N–H and O–H groups in total. The Labute approximate surface area is 106 Å². The van der Waals surface area contributed by atoms with Crippen LogP contribution in [0.25, 0.3) is 0 Å². The molecular weight excluding hydrogens is 236 g/mol. The molecule has 0 bridgehead atoms. The fourth-order valence-electron chi connectivity index (χ4n) is 1.82. The lowest BCUT2D eigenvalue weighted by Crippen LogP contribution is -2.35. The normalized spacial score (nSPS) is 17.5. The van der Waals surface area contributed by atoms with Gasteiger partial charge < -0.3 is 14.9 Å². The number of thioether (sulfide) groups is 1. The molecule has 1 aromatic rings. The predicted molar refractivity (Wildman–Crippen MR) is 70.0 cm³/mol. The molecule has 0 unspecified atom stereocenters. The van der Waals surface area contributed by atoms with Crippen molar-refractivity contribution in [2.75, 3.05) is 38.6 Å². The molecule has 1 aliphatic heterocycles. The van der Waals surface area contributed by atoms with E-state index in [-0.39, 0.29) is 0 Å². The third kappa shape index (κ3) is 4.35. The average molecular weight is 256 g/mol. The summed E-state index contributed by atoms with van der Waals surface area (Å²) in [5.41, 5.74) is 5.45. The van der Waals surface area contributed by atoms with E-state index in [0.717, 1.165) is 62.4 Å². The van der Waals surface area contributed by atoms with Crippen molar-refractivity contribution in [1.29, 1.82) is 0 Å². The Balaban J connectivity index is 1.76. The van der Waals surface area contributed by atoms with E-state index in [9.17, 15) is 0 Å². The van der Waals surface area contributed by atoms with Crippen LogP contribution in [0.1, 0.15) is 11.5 Å². The van der Waals surface area contributed by atoms with Crippen molar-refractivity contribution in [3.63, 3.8) is 0 Å². The standard InChI is InChI=1S/C12H20N2O2S/c13-3-8-17-10-12-2-1-11(16-12)9-14-4-6-15-7-5-14/h1-2H,3-10,13H2. The van der Waals surface area contributed by atoms with Crippen LogP contribution >= 0.6 is 11.8 Å². The lowest BCUT2D eigenvalue weighted by Gasteiger charge is -2.25. The van der Waals surface area contributed by atoms with Gasteiger partial charge in [0.2, 0.25) is 0 Å². The fraction of sp³-hybridized carbons (Fsp3) is 0.667. The number of hydrogen-bond donors (Lipinski definition) is 1. The van der Waals surface area contributed by atoms with Crippen molar-refractivity contribution in [2.24, 2.45) is 5.73 Å². The van der Waals surface area contributed by atoms with Gasteiger partial charge in [0.15, 0.2) is 0 Å². The van der Waals surface area contributed by atoms with Gasteiger partial charge in [0, 0.05) is 25.4 Å². The van der Waals surface area contributed by atoms with E-state index in [1.165, 1.54) is 0 Å². The molecule has 2 rings (SSSR count). The van der Waals surface area contributed by atoms with Crippen molar-refractivity contribution in [2.45, 2.75) is 12.3 Å². The van der Waals surface area contributed by atoms with Crippen LogP contribution < -0.4 is 5.73 Å². The Bertz CT molecular complexity index is 324. The van der Waals surface area contributed by atoms with Crippen LogP contribution in [0, 0.1) is 0 Å². The molecule has 96 valence electrons. The van der Waals surface area contributed by atoms with E-state index in [0.29, 0.717) is 0 Å². The lowest BCUT2D eigenvalue weighted by atomic mass is 10.3.